The van der Waals surface area contributed by atoms with Gasteiger partial charge in [0.05, 0.1) is 11.9 Å². The van der Waals surface area contributed by atoms with Gasteiger partial charge in [-0.3, -0.25) is 4.99 Å². The van der Waals surface area contributed by atoms with Crippen LogP contribution in [0.1, 0.15) is 5.56 Å². The van der Waals surface area contributed by atoms with Gasteiger partial charge in [0, 0.05) is 10.6 Å². The maximum atomic E-state index is 11.1. The highest BCUT2D eigenvalue weighted by molar-refractivity contribution is 6.30. The van der Waals surface area contributed by atoms with Crippen LogP contribution in [0.3, 0.4) is 0 Å². The zero-order valence-electron chi connectivity index (χ0n) is 6.77. The van der Waals surface area contributed by atoms with Crippen LogP contribution in [0.5, 0.6) is 0 Å². The van der Waals surface area contributed by atoms with Gasteiger partial charge in [0.2, 0.25) is 0 Å². The molecule has 0 atom stereocenters. The smallest absolute Gasteiger partial charge is 0.193 e. The fourth-order valence-corrected chi connectivity index (χ4v) is 1.41. The molecule has 0 saturated heterocycles. The summed E-state index contributed by atoms with van der Waals surface area (Å²) in [6.07, 6.45) is 2.89. The topological polar surface area (TPSA) is 38.4 Å². The summed E-state index contributed by atoms with van der Waals surface area (Å²) in [6.45, 7) is 0.301. The van der Waals surface area contributed by atoms with Gasteiger partial charge in [0.1, 0.15) is 0 Å². The highest BCUT2D eigenvalue weighted by Gasteiger charge is 2.08. The Morgan fingerprint density at radius 1 is 1.46 bits per heavy atom. The van der Waals surface area contributed by atoms with E-state index < -0.39 is 0 Å². The molecular formula is C9H7ClN2O. The Morgan fingerprint density at radius 3 is 3.15 bits per heavy atom. The zero-order chi connectivity index (χ0) is 9.26. The molecule has 0 aliphatic carbocycles. The van der Waals surface area contributed by atoms with Gasteiger partial charge in [-0.2, -0.15) is 0 Å². The summed E-state index contributed by atoms with van der Waals surface area (Å²) in [4.78, 5) is 4.10. The van der Waals surface area contributed by atoms with Crippen molar-refractivity contribution in [3.63, 3.8) is 0 Å². The normalized spacial score (nSPS) is 14.7. The number of halogens is 1. The fraction of sp³-hybridized carbons (Fsp3) is 0.111. The van der Waals surface area contributed by atoms with Crippen molar-refractivity contribution < 1.29 is 4.74 Å². The van der Waals surface area contributed by atoms with Gasteiger partial charge in [-0.25, -0.2) is 4.74 Å². The molecule has 0 aromatic heterocycles. The van der Waals surface area contributed by atoms with E-state index in [-0.39, 0.29) is 0 Å². The van der Waals surface area contributed by atoms with Gasteiger partial charge < -0.3 is 5.21 Å². The SMILES string of the molecule is [O-][N+]1=CC=Nc2ccc(Cl)cc2C1. The number of hydroxylamine groups is 1. The van der Waals surface area contributed by atoms with Crippen molar-refractivity contribution in [3.05, 3.63) is 34.0 Å². The van der Waals surface area contributed by atoms with Crippen molar-refractivity contribution in [1.29, 1.82) is 0 Å². The van der Waals surface area contributed by atoms with Crippen molar-refractivity contribution in [2.24, 2.45) is 4.99 Å². The predicted octanol–water partition coefficient (Wildman–Crippen LogP) is 2.14. The van der Waals surface area contributed by atoms with E-state index in [9.17, 15) is 5.21 Å². The summed E-state index contributed by atoms with van der Waals surface area (Å²) >= 11 is 5.80. The minimum Gasteiger partial charge on any atom is -0.624 e. The van der Waals surface area contributed by atoms with Crippen molar-refractivity contribution in [1.82, 2.24) is 0 Å². The molecule has 1 aromatic carbocycles. The molecular weight excluding hydrogens is 188 g/mol. The fourth-order valence-electron chi connectivity index (χ4n) is 1.22. The molecule has 0 fully saturated rings. The van der Waals surface area contributed by atoms with Gasteiger partial charge >= 0.3 is 0 Å². The molecule has 0 amide bonds. The summed E-state index contributed by atoms with van der Waals surface area (Å²) < 4.78 is 0.825. The predicted molar refractivity (Wildman–Crippen MR) is 53.0 cm³/mol. The summed E-state index contributed by atoms with van der Waals surface area (Å²) in [5.74, 6) is 0. The van der Waals surface area contributed by atoms with Crippen LogP contribution in [0, 0.1) is 5.21 Å². The lowest BCUT2D eigenvalue weighted by atomic mass is 10.2. The van der Waals surface area contributed by atoms with Crippen molar-refractivity contribution in [2.45, 2.75) is 6.54 Å². The molecule has 1 heterocycles. The van der Waals surface area contributed by atoms with Gasteiger partial charge in [0.25, 0.3) is 0 Å². The number of hydrogen-bond acceptors (Lipinski definition) is 2. The van der Waals surface area contributed by atoms with Crippen molar-refractivity contribution >= 4 is 29.7 Å². The molecule has 0 unspecified atom stereocenters. The lowest BCUT2D eigenvalue weighted by molar-refractivity contribution is -0.467. The molecule has 0 saturated carbocycles. The lowest BCUT2D eigenvalue weighted by Gasteiger charge is -2.03. The number of rotatable bonds is 0. The van der Waals surface area contributed by atoms with Crippen molar-refractivity contribution in [2.75, 3.05) is 0 Å². The number of benzene rings is 1. The van der Waals surface area contributed by atoms with Crippen molar-refractivity contribution in [3.8, 4) is 0 Å². The first-order chi connectivity index (χ1) is 6.25. The first-order valence-corrected chi connectivity index (χ1v) is 4.23. The van der Waals surface area contributed by atoms with E-state index in [0.717, 1.165) is 16.0 Å². The van der Waals surface area contributed by atoms with Gasteiger partial charge in [-0.15, -0.1) is 0 Å². The quantitative estimate of drug-likeness (QED) is 0.461. The second-order valence-electron chi connectivity index (χ2n) is 2.78. The Balaban J connectivity index is 2.51. The second kappa shape index (κ2) is 3.18. The molecule has 1 aliphatic heterocycles. The largest absolute Gasteiger partial charge is 0.624 e. The highest BCUT2D eigenvalue weighted by Crippen LogP contribution is 2.24. The van der Waals surface area contributed by atoms with E-state index in [0.29, 0.717) is 11.6 Å². The third-order valence-corrected chi connectivity index (χ3v) is 2.05. The van der Waals surface area contributed by atoms with Crippen LogP contribution >= 0.6 is 11.6 Å². The lowest BCUT2D eigenvalue weighted by Crippen LogP contribution is -2.03. The minimum atomic E-state index is 0.301. The Bertz CT molecular complexity index is 399. The third kappa shape index (κ3) is 1.70. The first-order valence-electron chi connectivity index (χ1n) is 3.85. The average molecular weight is 195 g/mol. The Morgan fingerprint density at radius 2 is 2.31 bits per heavy atom. The van der Waals surface area contributed by atoms with Crippen LogP contribution in [0.2, 0.25) is 5.02 Å². The number of fused-ring (bicyclic) bond motifs is 1. The van der Waals surface area contributed by atoms with Crippen LogP contribution in [0.25, 0.3) is 0 Å². The average Bonchev–Trinajstić information content (AvgIpc) is 2.25. The van der Waals surface area contributed by atoms with Gasteiger partial charge in [-0.05, 0) is 18.2 Å². The Kier molecular flexibility index (Phi) is 2.02. The molecule has 0 spiro atoms. The molecule has 0 bridgehead atoms. The van der Waals surface area contributed by atoms with E-state index in [1.165, 1.54) is 12.4 Å². The summed E-state index contributed by atoms with van der Waals surface area (Å²) in [5, 5.41) is 11.7. The van der Waals surface area contributed by atoms with E-state index >= 15 is 0 Å². The monoisotopic (exact) mass is 194 g/mol. The van der Waals surface area contributed by atoms with Crippen LogP contribution in [0.4, 0.5) is 5.69 Å². The molecule has 4 heteroatoms. The molecule has 0 radical (unpaired) electrons. The van der Waals surface area contributed by atoms with Crippen LogP contribution in [-0.2, 0) is 6.54 Å². The summed E-state index contributed by atoms with van der Waals surface area (Å²) in [7, 11) is 0. The third-order valence-electron chi connectivity index (χ3n) is 1.81. The zero-order valence-corrected chi connectivity index (χ0v) is 7.53. The molecule has 1 aromatic rings. The molecule has 0 N–H and O–H groups in total. The maximum absolute atomic E-state index is 11.1. The number of hydrogen-bond donors (Lipinski definition) is 0. The van der Waals surface area contributed by atoms with Crippen LogP contribution in [-0.4, -0.2) is 17.2 Å². The van der Waals surface area contributed by atoms with E-state index in [1.54, 1.807) is 18.2 Å². The molecule has 3 nitrogen and oxygen atoms in total. The van der Waals surface area contributed by atoms with Gasteiger partial charge in [0.15, 0.2) is 12.8 Å². The van der Waals surface area contributed by atoms with E-state index in [2.05, 4.69) is 4.99 Å². The van der Waals surface area contributed by atoms with E-state index in [1.807, 2.05) is 0 Å². The Labute approximate surface area is 80.6 Å². The number of aliphatic imine (C=N–C) groups is 1. The summed E-state index contributed by atoms with van der Waals surface area (Å²) in [5.41, 5.74) is 1.66. The Hall–Kier alpha value is -1.35. The molecule has 13 heavy (non-hydrogen) atoms. The molecule has 2 rings (SSSR count). The summed E-state index contributed by atoms with van der Waals surface area (Å²) in [6, 6.07) is 5.33. The molecule has 66 valence electrons. The highest BCUT2D eigenvalue weighted by atomic mass is 35.5. The first kappa shape index (κ1) is 8.26. The van der Waals surface area contributed by atoms with Crippen LogP contribution < -0.4 is 0 Å². The molecule has 1 aliphatic rings. The standard InChI is InChI=1S/C9H7ClN2O/c10-8-1-2-9-7(5-8)6-12(13)4-3-11-9/h1-5H,6H2. The van der Waals surface area contributed by atoms with Gasteiger partial charge in [-0.1, -0.05) is 11.6 Å². The van der Waals surface area contributed by atoms with Crippen LogP contribution in [0.15, 0.2) is 23.2 Å². The second-order valence-corrected chi connectivity index (χ2v) is 3.21. The van der Waals surface area contributed by atoms with E-state index in [4.69, 9.17) is 11.6 Å². The number of nitrogens with zero attached hydrogens (tertiary/aromatic N) is 2. The maximum Gasteiger partial charge on any atom is 0.193 e. The minimum absolute atomic E-state index is 0.301.